The molecule has 4 heterocycles. The third-order valence-corrected chi connectivity index (χ3v) is 14.0. The molecule has 3 N–H and O–H groups in total. The average Bonchev–Trinajstić information content (AvgIpc) is 3.78. The number of hydrogen-bond acceptors (Lipinski definition) is 9. The molecule has 7 rings (SSSR count). The number of nitrogens with one attached hydrogen (secondary N) is 2. The second kappa shape index (κ2) is 20.5. The zero-order valence-corrected chi connectivity index (χ0v) is 40.0. The van der Waals surface area contributed by atoms with E-state index in [1.807, 2.05) is 28.0 Å². The van der Waals surface area contributed by atoms with Gasteiger partial charge in [0, 0.05) is 109 Å². The number of fused-ring (bicyclic) bond motifs is 2. The standard InChI is InChI=1S/C52H74N8O4/c1-9-55(10-2)39-25-27-44-46(33-39)64-47-34-40(56(11-3)12-4)26-28-45(47)49(44)42-22-19-20-23-43(42)50(62)58-31-29-57(30-32-58)48(61)24-18-16-14-13-15-17-21-38-37-59(54-53-38)41-35-51(5,6)60(63)52(7,8)36-41/h19-20,22-23,25-28,33-34,37,41,62-63H,9-18,21,24,29-32,35-36H2,1-8H3/p+1. The number of carbonyl (C=O) groups is 2. The Morgan fingerprint density at radius 3 is 2.14 bits per heavy atom. The maximum atomic E-state index is 14.5. The van der Waals surface area contributed by atoms with Gasteiger partial charge in [-0.25, -0.2) is 4.58 Å². The molecule has 346 valence electrons. The van der Waals surface area contributed by atoms with Crippen molar-refractivity contribution in [2.45, 2.75) is 137 Å². The summed E-state index contributed by atoms with van der Waals surface area (Å²) < 4.78 is 9.04. The number of hydrogen-bond donors (Lipinski definition) is 3. The minimum atomic E-state index is -0.291. The van der Waals surface area contributed by atoms with E-state index in [4.69, 9.17) is 4.42 Å². The monoisotopic (exact) mass is 876 g/mol. The van der Waals surface area contributed by atoms with E-state index in [1.54, 1.807) is 0 Å². The van der Waals surface area contributed by atoms with Gasteiger partial charge in [-0.1, -0.05) is 43.9 Å². The molecule has 0 saturated carbocycles. The van der Waals surface area contributed by atoms with Gasteiger partial charge >= 0.3 is 0 Å². The van der Waals surface area contributed by atoms with E-state index < -0.39 is 0 Å². The molecule has 0 radical (unpaired) electrons. The van der Waals surface area contributed by atoms with Gasteiger partial charge < -0.3 is 29.7 Å². The molecule has 4 aliphatic heterocycles. The van der Waals surface area contributed by atoms with Crippen LogP contribution in [-0.2, 0) is 4.79 Å². The van der Waals surface area contributed by atoms with Crippen LogP contribution in [0.3, 0.4) is 0 Å². The van der Waals surface area contributed by atoms with Crippen molar-refractivity contribution in [3.8, 4) is 22.5 Å². The number of piperidine rings is 1. The van der Waals surface area contributed by atoms with Gasteiger partial charge in [0.1, 0.15) is 24.4 Å². The van der Waals surface area contributed by atoms with E-state index in [0.29, 0.717) is 44.2 Å². The Morgan fingerprint density at radius 2 is 1.45 bits per heavy atom. The van der Waals surface area contributed by atoms with Crippen LogP contribution in [0, 0.1) is 0 Å². The fourth-order valence-electron chi connectivity index (χ4n) is 10.5. The van der Waals surface area contributed by atoms with Crippen LogP contribution in [0.4, 0.5) is 5.69 Å². The maximum Gasteiger partial charge on any atom is 0.254 e. The molecular weight excluding hydrogens is 801 g/mol. The Morgan fingerprint density at radius 1 is 0.797 bits per heavy atom. The molecule has 0 aromatic heterocycles. The second-order valence-electron chi connectivity index (χ2n) is 19.3. The first kappa shape index (κ1) is 47.1. The Hall–Kier alpha value is -4.91. The van der Waals surface area contributed by atoms with Crippen molar-refractivity contribution in [1.82, 2.24) is 35.4 Å². The minimum absolute atomic E-state index is 0.00526. The lowest BCUT2D eigenvalue weighted by molar-refractivity contribution is -0.252. The van der Waals surface area contributed by atoms with Crippen molar-refractivity contribution < 1.29 is 19.2 Å². The van der Waals surface area contributed by atoms with Gasteiger partial charge in [0.2, 0.25) is 11.3 Å². The third-order valence-electron chi connectivity index (χ3n) is 14.0. The van der Waals surface area contributed by atoms with Crippen LogP contribution in [0.15, 0.2) is 77.0 Å². The number of amides is 2. The Balaban J connectivity index is 0.914. The van der Waals surface area contributed by atoms with E-state index in [9.17, 15) is 14.8 Å². The maximum absolute atomic E-state index is 14.5. The lowest BCUT2D eigenvalue weighted by atomic mass is 9.79. The Kier molecular flexibility index (Phi) is 15.1. The molecule has 5 aliphatic rings. The van der Waals surface area contributed by atoms with Crippen LogP contribution < -0.4 is 25.8 Å². The molecular formula is C52H75N8O4+. The largest absolute Gasteiger partial charge is 0.456 e. The van der Waals surface area contributed by atoms with Crippen LogP contribution in [-0.4, -0.2) is 106 Å². The molecule has 2 amide bonds. The number of nitrogens with zero attached hydrogens (tertiary/aromatic N) is 6. The number of rotatable bonds is 17. The van der Waals surface area contributed by atoms with Crippen molar-refractivity contribution in [2.24, 2.45) is 0 Å². The molecule has 0 bridgehead atoms. The highest BCUT2D eigenvalue weighted by molar-refractivity contribution is 6.09. The third kappa shape index (κ3) is 10.3. The van der Waals surface area contributed by atoms with E-state index in [2.05, 4.69) is 129 Å². The SMILES string of the molecule is CCN(CC)c1ccc2c(-c3ccccc3C(=O)N3CCN(C(=O)CCCCCCCCC4=CN(C5CC(C)(C)N(O)C(C)(C)C5)NN4)CC3)c3ccc(=[N+](CC)CC)cc-3oc2c1. The van der Waals surface area contributed by atoms with Gasteiger partial charge in [-0.2, -0.15) is 5.06 Å². The number of hydroxylamine groups is 2. The number of piperazine rings is 1. The van der Waals surface area contributed by atoms with Gasteiger partial charge in [-0.3, -0.25) is 14.6 Å². The highest BCUT2D eigenvalue weighted by Crippen LogP contribution is 2.43. The predicted octanol–water partition coefficient (Wildman–Crippen LogP) is 8.85. The zero-order valence-electron chi connectivity index (χ0n) is 40.0. The lowest BCUT2D eigenvalue weighted by Gasteiger charge is -2.52. The summed E-state index contributed by atoms with van der Waals surface area (Å²) in [5.74, 6) is 0.983. The molecule has 2 aromatic rings. The van der Waals surface area contributed by atoms with Crippen LogP contribution in [0.5, 0.6) is 0 Å². The van der Waals surface area contributed by atoms with Gasteiger partial charge in [-0.05, 0) is 117 Å². The summed E-state index contributed by atoms with van der Waals surface area (Å²) in [5, 5.41) is 16.5. The molecule has 2 fully saturated rings. The summed E-state index contributed by atoms with van der Waals surface area (Å²) >= 11 is 0. The second-order valence-corrected chi connectivity index (χ2v) is 19.3. The molecule has 64 heavy (non-hydrogen) atoms. The van der Waals surface area contributed by atoms with Crippen molar-refractivity contribution in [3.05, 3.63) is 83.5 Å². The topological polar surface area (TPSA) is 111 Å². The van der Waals surface area contributed by atoms with Crippen molar-refractivity contribution in [3.63, 3.8) is 0 Å². The van der Waals surface area contributed by atoms with Crippen molar-refractivity contribution >= 4 is 28.5 Å². The number of benzene rings is 3. The van der Waals surface area contributed by atoms with Gasteiger partial charge in [0.05, 0.1) is 12.1 Å². The number of allylic oxidation sites excluding steroid dienone is 1. The average molecular weight is 876 g/mol. The molecule has 12 nitrogen and oxygen atoms in total. The van der Waals surface area contributed by atoms with Gasteiger partial charge in [0.25, 0.3) is 5.91 Å². The summed E-state index contributed by atoms with van der Waals surface area (Å²) in [5.41, 5.74) is 12.8. The van der Waals surface area contributed by atoms with E-state index >= 15 is 0 Å². The minimum Gasteiger partial charge on any atom is -0.456 e. The number of anilines is 1. The van der Waals surface area contributed by atoms with Gasteiger partial charge in [-0.15, -0.1) is 5.53 Å². The summed E-state index contributed by atoms with van der Waals surface area (Å²) in [4.78, 5) is 34.0. The Labute approximate surface area is 381 Å². The fourth-order valence-corrected chi connectivity index (χ4v) is 10.5. The smallest absolute Gasteiger partial charge is 0.254 e. The summed E-state index contributed by atoms with van der Waals surface area (Å²) in [6.45, 7) is 22.8. The molecule has 2 aromatic carbocycles. The first-order valence-electron chi connectivity index (χ1n) is 24.3. The Bertz CT molecular complexity index is 2300. The highest BCUT2D eigenvalue weighted by atomic mass is 16.5. The number of carbonyl (C=O) groups excluding carboxylic acids is 2. The molecule has 0 spiro atoms. The van der Waals surface area contributed by atoms with Crippen LogP contribution in [0.2, 0.25) is 0 Å². The summed E-state index contributed by atoms with van der Waals surface area (Å²) in [6.07, 6.45) is 12.0. The highest BCUT2D eigenvalue weighted by Gasteiger charge is 2.47. The first-order valence-corrected chi connectivity index (χ1v) is 24.3. The lowest BCUT2D eigenvalue weighted by Crippen LogP contribution is -2.63. The molecule has 2 saturated heterocycles. The molecule has 1 aliphatic carbocycles. The molecule has 0 atom stereocenters. The quantitative estimate of drug-likeness (QED) is 0.0545. The predicted molar refractivity (Wildman–Crippen MR) is 259 cm³/mol. The summed E-state index contributed by atoms with van der Waals surface area (Å²) in [7, 11) is 0. The van der Waals surface area contributed by atoms with Crippen molar-refractivity contribution in [1.29, 1.82) is 0 Å². The fraction of sp³-hybridized carbons (Fsp3) is 0.558. The van der Waals surface area contributed by atoms with Crippen molar-refractivity contribution in [2.75, 3.05) is 57.3 Å². The zero-order chi connectivity index (χ0) is 45.6. The van der Waals surface area contributed by atoms with Crippen LogP contribution in [0.1, 0.15) is 130 Å². The molecule has 0 unspecified atom stereocenters. The molecule has 12 heteroatoms. The number of hydrazine groups is 2. The summed E-state index contributed by atoms with van der Waals surface area (Å²) in [6, 6.07) is 21.2. The first-order chi connectivity index (χ1) is 30.8. The van der Waals surface area contributed by atoms with E-state index in [-0.39, 0.29) is 22.9 Å². The normalized spacial score (nSPS) is 17.8. The van der Waals surface area contributed by atoms with E-state index in [0.717, 1.165) is 128 Å². The number of unbranched alkanes of at least 4 members (excludes halogenated alkanes) is 5. The van der Waals surface area contributed by atoms with Crippen LogP contribution in [0.25, 0.3) is 33.4 Å². The van der Waals surface area contributed by atoms with E-state index in [1.165, 1.54) is 10.8 Å². The van der Waals surface area contributed by atoms with Gasteiger partial charge in [0.15, 0.2) is 0 Å². The van der Waals surface area contributed by atoms with Crippen LogP contribution >= 0.6 is 0 Å².